The molecular formula is C30H25F3N4O3. The number of hydrogen-bond acceptors (Lipinski definition) is 5. The molecule has 1 N–H and O–H groups in total. The van der Waals surface area contributed by atoms with Crippen LogP contribution >= 0.6 is 0 Å². The van der Waals surface area contributed by atoms with Crippen LogP contribution in [0.2, 0.25) is 0 Å². The van der Waals surface area contributed by atoms with E-state index in [-0.39, 0.29) is 22.5 Å². The molecule has 4 rings (SSSR count). The van der Waals surface area contributed by atoms with Gasteiger partial charge in [-0.05, 0) is 65.9 Å². The summed E-state index contributed by atoms with van der Waals surface area (Å²) in [7, 11) is 0. The Labute approximate surface area is 228 Å². The molecule has 0 atom stereocenters. The van der Waals surface area contributed by atoms with Gasteiger partial charge in [-0.15, -0.1) is 0 Å². The van der Waals surface area contributed by atoms with Crippen LogP contribution in [0.4, 0.5) is 18.9 Å². The van der Waals surface area contributed by atoms with E-state index in [0.29, 0.717) is 17.0 Å². The number of halogens is 3. The van der Waals surface area contributed by atoms with Gasteiger partial charge in [0.2, 0.25) is 5.88 Å². The van der Waals surface area contributed by atoms with Crippen LogP contribution in [0.5, 0.6) is 11.6 Å². The number of amides is 1. The van der Waals surface area contributed by atoms with Crippen molar-refractivity contribution in [2.75, 3.05) is 5.32 Å². The fourth-order valence-corrected chi connectivity index (χ4v) is 3.89. The topological polar surface area (TPSA) is 96.5 Å². The van der Waals surface area contributed by atoms with Crippen LogP contribution in [0, 0.1) is 18.3 Å². The van der Waals surface area contributed by atoms with E-state index in [1.165, 1.54) is 16.7 Å². The van der Waals surface area contributed by atoms with E-state index in [1.807, 2.05) is 12.1 Å². The van der Waals surface area contributed by atoms with Crippen molar-refractivity contribution in [2.24, 2.45) is 0 Å². The lowest BCUT2D eigenvalue weighted by atomic mass is 9.87. The summed E-state index contributed by atoms with van der Waals surface area (Å²) in [5, 5.41) is 12.0. The number of nitrogens with one attached hydrogen (secondary N) is 1. The number of nitrogens with zero attached hydrogens (tertiary/aromatic N) is 3. The largest absolute Gasteiger partial charge is 0.438 e. The Kier molecular flexibility index (Phi) is 7.51. The quantitative estimate of drug-likeness (QED) is 0.223. The van der Waals surface area contributed by atoms with Gasteiger partial charge in [0, 0.05) is 11.9 Å². The average molecular weight is 547 g/mol. The van der Waals surface area contributed by atoms with E-state index in [9.17, 15) is 28.0 Å². The predicted molar refractivity (Wildman–Crippen MR) is 145 cm³/mol. The monoisotopic (exact) mass is 546 g/mol. The van der Waals surface area contributed by atoms with Gasteiger partial charge >= 0.3 is 6.18 Å². The number of rotatable bonds is 5. The number of aromatic nitrogens is 2. The van der Waals surface area contributed by atoms with Crippen LogP contribution in [0.3, 0.4) is 0 Å². The summed E-state index contributed by atoms with van der Waals surface area (Å²) >= 11 is 0. The van der Waals surface area contributed by atoms with Gasteiger partial charge in [-0.2, -0.15) is 23.4 Å². The van der Waals surface area contributed by atoms with E-state index in [4.69, 9.17) is 4.74 Å². The summed E-state index contributed by atoms with van der Waals surface area (Å²) in [5.74, 6) is -0.766. The Bertz CT molecular complexity index is 1730. The van der Waals surface area contributed by atoms with E-state index in [0.717, 1.165) is 29.8 Å². The summed E-state index contributed by atoms with van der Waals surface area (Å²) in [6.07, 6.45) is -2.10. The summed E-state index contributed by atoms with van der Waals surface area (Å²) < 4.78 is 46.5. The highest BCUT2D eigenvalue weighted by molar-refractivity contribution is 6.09. The first-order valence-corrected chi connectivity index (χ1v) is 12.2. The molecule has 0 saturated heterocycles. The molecule has 7 nitrogen and oxygen atoms in total. The maximum Gasteiger partial charge on any atom is 0.416 e. The smallest absolute Gasteiger partial charge is 0.416 e. The number of ether oxygens (including phenoxy) is 1. The summed E-state index contributed by atoms with van der Waals surface area (Å²) in [5.41, 5.74) is -0.485. The number of aryl methyl sites for hydroxylation is 1. The van der Waals surface area contributed by atoms with Gasteiger partial charge in [0.05, 0.1) is 5.56 Å². The SMILES string of the molecule is Cc1cccn2c(=O)c(/C=C(/C#N)C(=O)Nc3cccc(C(F)(F)F)c3)c(Oc3ccc(C(C)(C)C)cc3)nc12. The second-order valence-corrected chi connectivity index (χ2v) is 10.1. The van der Waals surface area contributed by atoms with Crippen LogP contribution in [-0.4, -0.2) is 15.3 Å². The van der Waals surface area contributed by atoms with Crippen molar-refractivity contribution in [1.29, 1.82) is 5.26 Å². The maximum atomic E-state index is 13.5. The predicted octanol–water partition coefficient (Wildman–Crippen LogP) is 6.66. The fourth-order valence-electron chi connectivity index (χ4n) is 3.89. The van der Waals surface area contributed by atoms with E-state index in [1.54, 1.807) is 37.3 Å². The molecule has 0 spiro atoms. The molecule has 4 aromatic rings. The minimum Gasteiger partial charge on any atom is -0.438 e. The molecule has 10 heteroatoms. The highest BCUT2D eigenvalue weighted by Crippen LogP contribution is 2.31. The zero-order valence-corrected chi connectivity index (χ0v) is 22.1. The van der Waals surface area contributed by atoms with Crippen molar-refractivity contribution in [3.05, 3.63) is 105 Å². The standard InChI is InChI=1S/C30H25F3N4O3/c1-18-7-6-14-37-25(18)36-27(40-23-12-10-20(11-13-23)29(2,3)4)24(28(37)39)15-19(17-34)26(38)35-22-9-5-8-21(16-22)30(31,32)33/h5-16H,1-4H3,(H,35,38)/b19-15-. The minimum atomic E-state index is -4.62. The van der Waals surface area contributed by atoms with Crippen molar-refractivity contribution >= 4 is 23.3 Å². The van der Waals surface area contributed by atoms with Crippen LogP contribution < -0.4 is 15.6 Å². The molecule has 0 fully saturated rings. The molecule has 0 unspecified atom stereocenters. The number of benzene rings is 2. The summed E-state index contributed by atoms with van der Waals surface area (Å²) in [4.78, 5) is 30.9. The van der Waals surface area contributed by atoms with Gasteiger partial charge in [-0.1, -0.05) is 45.0 Å². The molecule has 0 aliphatic rings. The van der Waals surface area contributed by atoms with Crippen LogP contribution in [0.1, 0.15) is 43.0 Å². The molecule has 2 heterocycles. The molecule has 204 valence electrons. The lowest BCUT2D eigenvalue weighted by molar-refractivity contribution is -0.137. The number of pyridine rings is 1. The number of carbonyl (C=O) groups excluding carboxylic acids is 1. The van der Waals surface area contributed by atoms with Gasteiger partial charge in [-0.3, -0.25) is 14.0 Å². The Hall–Kier alpha value is -4.91. The fraction of sp³-hybridized carbons (Fsp3) is 0.200. The molecule has 2 aromatic heterocycles. The third kappa shape index (κ3) is 6.04. The second-order valence-electron chi connectivity index (χ2n) is 10.1. The maximum absolute atomic E-state index is 13.5. The van der Waals surface area contributed by atoms with Crippen LogP contribution in [-0.2, 0) is 16.4 Å². The zero-order chi connectivity index (χ0) is 29.2. The van der Waals surface area contributed by atoms with E-state index >= 15 is 0 Å². The molecule has 0 aliphatic heterocycles. The number of anilines is 1. The molecule has 1 amide bonds. The first-order valence-electron chi connectivity index (χ1n) is 12.2. The lowest BCUT2D eigenvalue weighted by Gasteiger charge is -2.19. The van der Waals surface area contributed by atoms with E-state index < -0.39 is 28.8 Å². The van der Waals surface area contributed by atoms with Crippen molar-refractivity contribution in [1.82, 2.24) is 9.38 Å². The lowest BCUT2D eigenvalue weighted by Crippen LogP contribution is -2.21. The zero-order valence-electron chi connectivity index (χ0n) is 22.1. The molecule has 0 bridgehead atoms. The van der Waals surface area contributed by atoms with Gasteiger partial charge in [0.15, 0.2) is 0 Å². The first-order chi connectivity index (χ1) is 18.8. The Balaban J connectivity index is 1.78. The van der Waals surface area contributed by atoms with Crippen LogP contribution in [0.25, 0.3) is 11.7 Å². The van der Waals surface area contributed by atoms with E-state index in [2.05, 4.69) is 31.1 Å². The molecular weight excluding hydrogens is 521 g/mol. The van der Waals surface area contributed by atoms with Crippen molar-refractivity contribution in [2.45, 2.75) is 39.3 Å². The molecule has 0 aliphatic carbocycles. The molecule has 0 radical (unpaired) electrons. The Morgan fingerprint density at radius 1 is 1.05 bits per heavy atom. The number of hydrogen-bond donors (Lipinski definition) is 1. The summed E-state index contributed by atoms with van der Waals surface area (Å²) in [6.45, 7) is 7.96. The van der Waals surface area contributed by atoms with Gasteiger partial charge in [0.25, 0.3) is 11.5 Å². The third-order valence-corrected chi connectivity index (χ3v) is 6.09. The number of alkyl halides is 3. The molecule has 2 aromatic carbocycles. The average Bonchev–Trinajstić information content (AvgIpc) is 2.88. The first kappa shape index (κ1) is 28.1. The number of fused-ring (bicyclic) bond motifs is 1. The minimum absolute atomic E-state index is 0.0990. The van der Waals surface area contributed by atoms with Gasteiger partial charge in [-0.25, -0.2) is 0 Å². The Morgan fingerprint density at radius 3 is 2.38 bits per heavy atom. The van der Waals surface area contributed by atoms with Crippen molar-refractivity contribution < 1.29 is 22.7 Å². The van der Waals surface area contributed by atoms with Crippen LogP contribution in [0.15, 0.2) is 77.2 Å². The third-order valence-electron chi connectivity index (χ3n) is 6.09. The second kappa shape index (κ2) is 10.7. The van der Waals surface area contributed by atoms with Gasteiger partial charge in [0.1, 0.15) is 28.6 Å². The highest BCUT2D eigenvalue weighted by Gasteiger charge is 2.30. The number of nitriles is 1. The molecule has 0 saturated carbocycles. The highest BCUT2D eigenvalue weighted by atomic mass is 19.4. The van der Waals surface area contributed by atoms with Crippen molar-refractivity contribution in [3.63, 3.8) is 0 Å². The normalized spacial score (nSPS) is 12.2. The van der Waals surface area contributed by atoms with Gasteiger partial charge < -0.3 is 10.1 Å². The Morgan fingerprint density at radius 2 is 1.75 bits per heavy atom. The summed E-state index contributed by atoms with van der Waals surface area (Å²) in [6, 6.07) is 16.3. The number of carbonyl (C=O) groups is 1. The molecule has 40 heavy (non-hydrogen) atoms. The van der Waals surface area contributed by atoms with Crippen molar-refractivity contribution in [3.8, 4) is 17.7 Å².